The van der Waals surface area contributed by atoms with E-state index in [0.29, 0.717) is 17.4 Å². The lowest BCUT2D eigenvalue weighted by molar-refractivity contribution is 0.256. The molecule has 1 unspecified atom stereocenters. The average Bonchev–Trinajstić information content (AvgIpc) is 3.33. The highest BCUT2D eigenvalue weighted by molar-refractivity contribution is 5.88. The van der Waals surface area contributed by atoms with E-state index in [1.165, 1.54) is 5.56 Å². The molecule has 0 spiro atoms. The molecular formula is C28H34N6O. The number of aliphatic hydroxyl groups excluding tert-OH is 1. The van der Waals surface area contributed by atoms with Crippen LogP contribution in [0.2, 0.25) is 0 Å². The minimum absolute atomic E-state index is 0.0621. The summed E-state index contributed by atoms with van der Waals surface area (Å²) < 4.78 is 1.88. The van der Waals surface area contributed by atoms with Gasteiger partial charge in [0.15, 0.2) is 5.82 Å². The van der Waals surface area contributed by atoms with Crippen molar-refractivity contribution in [3.05, 3.63) is 71.7 Å². The standard InChI is InChI=1S/C28H34N6O/c1-3-6-24(29)26-9-5-8-25(32-26)20-15-22(19-11-13-33(2)14-12-19)23-17-30-34(27(23)16-20)28-10-4-7-21(18-35)31-28/h4-5,7-10,15-17,19,24,35H,3,6,11-14,18,29H2,1-2H3. The number of benzene rings is 1. The number of hydrogen-bond acceptors (Lipinski definition) is 6. The molecule has 4 heterocycles. The molecule has 1 aliphatic heterocycles. The number of aromatic nitrogens is 4. The number of pyridine rings is 2. The maximum atomic E-state index is 9.60. The van der Waals surface area contributed by atoms with Crippen LogP contribution >= 0.6 is 0 Å². The summed E-state index contributed by atoms with van der Waals surface area (Å²) >= 11 is 0. The van der Waals surface area contributed by atoms with Crippen LogP contribution in [0.3, 0.4) is 0 Å². The van der Waals surface area contributed by atoms with Gasteiger partial charge < -0.3 is 15.7 Å². The van der Waals surface area contributed by atoms with Crippen LogP contribution in [0.1, 0.15) is 61.5 Å². The molecule has 0 aliphatic carbocycles. The smallest absolute Gasteiger partial charge is 0.154 e. The van der Waals surface area contributed by atoms with E-state index < -0.39 is 0 Å². The Hall–Kier alpha value is -3.13. The van der Waals surface area contributed by atoms with Gasteiger partial charge in [-0.3, -0.25) is 4.98 Å². The Bertz CT molecular complexity index is 1310. The van der Waals surface area contributed by atoms with E-state index in [1.807, 2.05) is 35.1 Å². The fourth-order valence-corrected chi connectivity index (χ4v) is 5.09. The molecule has 4 aromatic rings. The van der Waals surface area contributed by atoms with E-state index in [0.717, 1.165) is 66.6 Å². The average molecular weight is 471 g/mol. The van der Waals surface area contributed by atoms with Crippen LogP contribution in [-0.2, 0) is 6.61 Å². The summed E-state index contributed by atoms with van der Waals surface area (Å²) in [5.41, 5.74) is 12.3. The van der Waals surface area contributed by atoms with Crippen LogP contribution in [-0.4, -0.2) is 49.9 Å². The number of hydrogen-bond donors (Lipinski definition) is 2. The molecule has 3 aromatic heterocycles. The van der Waals surface area contributed by atoms with E-state index in [2.05, 4.69) is 48.1 Å². The molecule has 5 rings (SSSR count). The van der Waals surface area contributed by atoms with Crippen LogP contribution in [0.4, 0.5) is 0 Å². The zero-order valence-corrected chi connectivity index (χ0v) is 20.6. The molecule has 1 aromatic carbocycles. The molecule has 3 N–H and O–H groups in total. The largest absolute Gasteiger partial charge is 0.390 e. The molecule has 0 saturated carbocycles. The normalized spacial score (nSPS) is 16.1. The summed E-state index contributed by atoms with van der Waals surface area (Å²) in [6.45, 7) is 4.22. The van der Waals surface area contributed by atoms with Gasteiger partial charge in [0.2, 0.25) is 0 Å². The first kappa shape index (κ1) is 23.6. The van der Waals surface area contributed by atoms with Gasteiger partial charge >= 0.3 is 0 Å². The predicted octanol–water partition coefficient (Wildman–Crippen LogP) is 4.58. The fraction of sp³-hybridized carbons (Fsp3) is 0.393. The Morgan fingerprint density at radius 3 is 2.66 bits per heavy atom. The second-order valence-corrected chi connectivity index (χ2v) is 9.62. The summed E-state index contributed by atoms with van der Waals surface area (Å²) in [5.74, 6) is 1.17. The van der Waals surface area contributed by atoms with E-state index >= 15 is 0 Å². The highest BCUT2D eigenvalue weighted by Gasteiger charge is 2.23. The lowest BCUT2D eigenvalue weighted by Gasteiger charge is -2.29. The first-order valence-corrected chi connectivity index (χ1v) is 12.6. The molecule has 1 saturated heterocycles. The lowest BCUT2D eigenvalue weighted by atomic mass is 9.86. The summed E-state index contributed by atoms with van der Waals surface area (Å²) in [6, 6.07) is 16.2. The molecule has 7 nitrogen and oxygen atoms in total. The Balaban J connectivity index is 1.66. The Kier molecular flexibility index (Phi) is 6.90. The number of piperidine rings is 1. The van der Waals surface area contributed by atoms with Gasteiger partial charge in [-0.2, -0.15) is 5.10 Å². The van der Waals surface area contributed by atoms with Crippen molar-refractivity contribution in [2.24, 2.45) is 5.73 Å². The minimum Gasteiger partial charge on any atom is -0.390 e. The van der Waals surface area contributed by atoms with Crippen molar-refractivity contribution in [3.63, 3.8) is 0 Å². The van der Waals surface area contributed by atoms with E-state index in [9.17, 15) is 5.11 Å². The molecule has 0 radical (unpaired) electrons. The minimum atomic E-state index is -0.103. The van der Waals surface area contributed by atoms with Gasteiger partial charge in [0.05, 0.1) is 35.4 Å². The van der Waals surface area contributed by atoms with Gasteiger partial charge in [-0.15, -0.1) is 0 Å². The molecule has 1 atom stereocenters. The molecule has 0 bridgehead atoms. The summed E-state index contributed by atoms with van der Waals surface area (Å²) in [5, 5.41) is 15.5. The van der Waals surface area contributed by atoms with Gasteiger partial charge in [-0.1, -0.05) is 25.5 Å². The van der Waals surface area contributed by atoms with Crippen LogP contribution in [0.25, 0.3) is 28.0 Å². The van der Waals surface area contributed by atoms with Gasteiger partial charge in [0.1, 0.15) is 0 Å². The van der Waals surface area contributed by atoms with E-state index in [-0.39, 0.29) is 12.6 Å². The highest BCUT2D eigenvalue weighted by atomic mass is 16.3. The summed E-state index contributed by atoms with van der Waals surface area (Å²) in [7, 11) is 2.19. The lowest BCUT2D eigenvalue weighted by Crippen LogP contribution is -2.29. The first-order chi connectivity index (χ1) is 17.1. The SMILES string of the molecule is CCCC(N)c1cccc(-c2cc(C3CCN(C)CC3)c3cnn(-c4cccc(CO)n4)c3c2)n1. The molecular weight excluding hydrogens is 436 g/mol. The van der Waals surface area contributed by atoms with E-state index in [4.69, 9.17) is 15.8 Å². The quantitative estimate of drug-likeness (QED) is 0.411. The van der Waals surface area contributed by atoms with Crippen molar-refractivity contribution < 1.29 is 5.11 Å². The zero-order valence-electron chi connectivity index (χ0n) is 20.6. The van der Waals surface area contributed by atoms with Gasteiger partial charge in [0, 0.05) is 17.0 Å². The van der Waals surface area contributed by atoms with Crippen molar-refractivity contribution in [2.75, 3.05) is 20.1 Å². The Labute approximate surface area is 206 Å². The Morgan fingerprint density at radius 1 is 1.09 bits per heavy atom. The maximum Gasteiger partial charge on any atom is 0.154 e. The van der Waals surface area contributed by atoms with Crippen molar-refractivity contribution in [2.45, 2.75) is 51.2 Å². The third kappa shape index (κ3) is 4.85. The molecule has 7 heteroatoms. The van der Waals surface area contributed by atoms with Crippen LogP contribution in [0.5, 0.6) is 0 Å². The van der Waals surface area contributed by atoms with Crippen molar-refractivity contribution in [1.82, 2.24) is 24.6 Å². The number of aliphatic hydroxyl groups is 1. The van der Waals surface area contributed by atoms with Crippen LogP contribution in [0, 0.1) is 0 Å². The number of nitrogens with zero attached hydrogens (tertiary/aromatic N) is 5. The zero-order chi connectivity index (χ0) is 24.4. The number of nitrogens with two attached hydrogens (primary N) is 1. The summed E-state index contributed by atoms with van der Waals surface area (Å²) in [4.78, 5) is 12.0. The molecule has 0 amide bonds. The molecule has 182 valence electrons. The van der Waals surface area contributed by atoms with E-state index in [1.54, 1.807) is 0 Å². The monoisotopic (exact) mass is 470 g/mol. The third-order valence-corrected chi connectivity index (χ3v) is 7.10. The molecule has 1 fully saturated rings. The Morgan fingerprint density at radius 2 is 1.89 bits per heavy atom. The number of likely N-dealkylation sites (tertiary alicyclic amines) is 1. The third-order valence-electron chi connectivity index (χ3n) is 7.10. The second kappa shape index (κ2) is 10.2. The van der Waals surface area contributed by atoms with Crippen LogP contribution < -0.4 is 5.73 Å². The first-order valence-electron chi connectivity index (χ1n) is 12.6. The van der Waals surface area contributed by atoms with Crippen molar-refractivity contribution in [1.29, 1.82) is 0 Å². The molecule has 1 aliphatic rings. The topological polar surface area (TPSA) is 93.1 Å². The van der Waals surface area contributed by atoms with Crippen LogP contribution in [0.15, 0.2) is 54.7 Å². The van der Waals surface area contributed by atoms with Gasteiger partial charge in [0.25, 0.3) is 0 Å². The summed E-state index contributed by atoms with van der Waals surface area (Å²) in [6.07, 6.45) is 6.14. The maximum absolute atomic E-state index is 9.60. The van der Waals surface area contributed by atoms with Gasteiger partial charge in [-0.05, 0) is 87.3 Å². The number of fused-ring (bicyclic) bond motifs is 1. The highest BCUT2D eigenvalue weighted by Crippen LogP contribution is 2.37. The number of rotatable bonds is 7. The second-order valence-electron chi connectivity index (χ2n) is 9.62. The fourth-order valence-electron chi connectivity index (χ4n) is 5.09. The van der Waals surface area contributed by atoms with Gasteiger partial charge in [-0.25, -0.2) is 9.67 Å². The van der Waals surface area contributed by atoms with Crippen molar-refractivity contribution in [3.8, 4) is 17.1 Å². The van der Waals surface area contributed by atoms with Crippen molar-refractivity contribution >= 4 is 10.9 Å². The molecule has 35 heavy (non-hydrogen) atoms. The predicted molar refractivity (Wildman–Crippen MR) is 139 cm³/mol.